The molecule has 2 aromatic rings. The Morgan fingerprint density at radius 1 is 1.11 bits per heavy atom. The SMILES string of the molecule is CN=C(NCC(C)Oc1cccc(OC)c1)Nc1ccc2c(c1)OCCCO2. The van der Waals surface area contributed by atoms with Crippen molar-refractivity contribution in [2.45, 2.75) is 19.4 Å². The zero-order chi connectivity index (χ0) is 19.8. The van der Waals surface area contributed by atoms with Gasteiger partial charge in [-0.3, -0.25) is 4.99 Å². The normalized spacial score (nSPS) is 14.6. The Morgan fingerprint density at radius 2 is 1.89 bits per heavy atom. The first kappa shape index (κ1) is 19.7. The summed E-state index contributed by atoms with van der Waals surface area (Å²) in [6, 6.07) is 13.3. The predicted octanol–water partition coefficient (Wildman–Crippen LogP) is 3.31. The van der Waals surface area contributed by atoms with Crippen LogP contribution in [0.2, 0.25) is 0 Å². The number of hydrogen-bond donors (Lipinski definition) is 2. The highest BCUT2D eigenvalue weighted by Crippen LogP contribution is 2.32. The number of rotatable bonds is 6. The zero-order valence-electron chi connectivity index (χ0n) is 16.5. The van der Waals surface area contributed by atoms with Crippen molar-refractivity contribution in [2.24, 2.45) is 4.99 Å². The van der Waals surface area contributed by atoms with Gasteiger partial charge in [-0.25, -0.2) is 0 Å². The highest BCUT2D eigenvalue weighted by atomic mass is 16.5. The van der Waals surface area contributed by atoms with Gasteiger partial charge in [-0.1, -0.05) is 6.07 Å². The Morgan fingerprint density at radius 3 is 2.68 bits per heavy atom. The first-order valence-electron chi connectivity index (χ1n) is 9.36. The second kappa shape index (κ2) is 9.73. The van der Waals surface area contributed by atoms with E-state index in [9.17, 15) is 0 Å². The maximum atomic E-state index is 5.93. The third-order valence-corrected chi connectivity index (χ3v) is 4.17. The minimum absolute atomic E-state index is 0.0607. The van der Waals surface area contributed by atoms with Crippen LogP contribution in [0.3, 0.4) is 0 Å². The van der Waals surface area contributed by atoms with Crippen LogP contribution in [-0.4, -0.2) is 46.0 Å². The molecule has 7 nitrogen and oxygen atoms in total. The van der Waals surface area contributed by atoms with Crippen molar-refractivity contribution in [3.8, 4) is 23.0 Å². The standard InChI is InChI=1S/C21H27N3O4/c1-15(28-18-7-4-6-17(13-18)25-3)14-23-21(22-2)24-16-8-9-19-20(12-16)27-11-5-10-26-19/h4,6-9,12-13,15H,5,10-11,14H2,1-3H3,(H2,22,23,24). The van der Waals surface area contributed by atoms with Gasteiger partial charge in [-0.05, 0) is 31.2 Å². The number of methoxy groups -OCH3 is 1. The van der Waals surface area contributed by atoms with Crippen molar-refractivity contribution < 1.29 is 18.9 Å². The minimum atomic E-state index is -0.0607. The van der Waals surface area contributed by atoms with Gasteiger partial charge in [0.15, 0.2) is 17.5 Å². The van der Waals surface area contributed by atoms with Crippen LogP contribution in [0.25, 0.3) is 0 Å². The minimum Gasteiger partial charge on any atom is -0.497 e. The summed E-state index contributed by atoms with van der Waals surface area (Å²) in [6.07, 6.45) is 0.820. The molecule has 1 heterocycles. The number of nitrogens with zero attached hydrogens (tertiary/aromatic N) is 1. The van der Waals surface area contributed by atoms with Gasteiger partial charge < -0.3 is 29.6 Å². The van der Waals surface area contributed by atoms with Gasteiger partial charge in [0.2, 0.25) is 0 Å². The van der Waals surface area contributed by atoms with E-state index in [1.807, 2.05) is 49.4 Å². The highest BCUT2D eigenvalue weighted by Gasteiger charge is 2.12. The summed E-state index contributed by atoms with van der Waals surface area (Å²) in [5.74, 6) is 3.69. The van der Waals surface area contributed by atoms with Gasteiger partial charge in [0.1, 0.15) is 17.6 Å². The molecule has 0 radical (unpaired) electrons. The molecule has 1 aliphatic heterocycles. The maximum absolute atomic E-state index is 5.93. The topological polar surface area (TPSA) is 73.3 Å². The molecule has 2 aromatic carbocycles. The molecular weight excluding hydrogens is 358 g/mol. The molecule has 0 saturated heterocycles. The van der Waals surface area contributed by atoms with Crippen LogP contribution >= 0.6 is 0 Å². The number of guanidine groups is 1. The van der Waals surface area contributed by atoms with E-state index in [1.165, 1.54) is 0 Å². The lowest BCUT2D eigenvalue weighted by molar-refractivity contribution is 0.223. The monoisotopic (exact) mass is 385 g/mol. The van der Waals surface area contributed by atoms with Crippen LogP contribution in [0.15, 0.2) is 47.5 Å². The van der Waals surface area contributed by atoms with E-state index in [2.05, 4.69) is 15.6 Å². The number of hydrogen-bond acceptors (Lipinski definition) is 5. The van der Waals surface area contributed by atoms with Gasteiger partial charge in [0, 0.05) is 31.3 Å². The van der Waals surface area contributed by atoms with E-state index in [0.717, 1.165) is 35.1 Å². The van der Waals surface area contributed by atoms with Crippen LogP contribution in [0.1, 0.15) is 13.3 Å². The Kier molecular flexibility index (Phi) is 6.84. The smallest absolute Gasteiger partial charge is 0.195 e. The Balaban J connectivity index is 1.53. The van der Waals surface area contributed by atoms with Crippen LogP contribution < -0.4 is 29.6 Å². The van der Waals surface area contributed by atoms with E-state index in [-0.39, 0.29) is 6.10 Å². The third-order valence-electron chi connectivity index (χ3n) is 4.17. The van der Waals surface area contributed by atoms with E-state index in [1.54, 1.807) is 14.2 Å². The van der Waals surface area contributed by atoms with Crippen molar-refractivity contribution >= 4 is 11.6 Å². The lowest BCUT2D eigenvalue weighted by Gasteiger charge is -2.18. The molecule has 0 fully saturated rings. The summed E-state index contributed by atoms with van der Waals surface area (Å²) >= 11 is 0. The number of nitrogens with one attached hydrogen (secondary N) is 2. The van der Waals surface area contributed by atoms with Gasteiger partial charge in [0.05, 0.1) is 26.9 Å². The predicted molar refractivity (Wildman–Crippen MR) is 110 cm³/mol. The lowest BCUT2D eigenvalue weighted by atomic mass is 10.2. The van der Waals surface area contributed by atoms with E-state index in [0.29, 0.717) is 25.7 Å². The van der Waals surface area contributed by atoms with Crippen molar-refractivity contribution in [2.75, 3.05) is 39.2 Å². The summed E-state index contributed by atoms with van der Waals surface area (Å²) in [4.78, 5) is 4.27. The molecule has 1 aliphatic rings. The molecule has 3 rings (SSSR count). The first-order chi connectivity index (χ1) is 13.7. The van der Waals surface area contributed by atoms with E-state index < -0.39 is 0 Å². The summed E-state index contributed by atoms with van der Waals surface area (Å²) in [5, 5.41) is 6.53. The molecule has 0 saturated carbocycles. The van der Waals surface area contributed by atoms with Gasteiger partial charge >= 0.3 is 0 Å². The molecule has 2 N–H and O–H groups in total. The van der Waals surface area contributed by atoms with Crippen molar-refractivity contribution in [1.82, 2.24) is 5.32 Å². The second-order valence-corrected chi connectivity index (χ2v) is 6.40. The first-order valence-corrected chi connectivity index (χ1v) is 9.36. The fraction of sp³-hybridized carbons (Fsp3) is 0.381. The number of aliphatic imine (C=N–C) groups is 1. The molecule has 28 heavy (non-hydrogen) atoms. The van der Waals surface area contributed by atoms with Crippen LogP contribution in [0, 0.1) is 0 Å². The van der Waals surface area contributed by atoms with Gasteiger partial charge in [0.25, 0.3) is 0 Å². The summed E-state index contributed by atoms with van der Waals surface area (Å²) in [5.41, 5.74) is 0.874. The molecular formula is C21H27N3O4. The molecule has 0 aliphatic carbocycles. The van der Waals surface area contributed by atoms with Gasteiger partial charge in [-0.2, -0.15) is 0 Å². The molecule has 0 bridgehead atoms. The van der Waals surface area contributed by atoms with Crippen LogP contribution in [0.4, 0.5) is 5.69 Å². The largest absolute Gasteiger partial charge is 0.497 e. The Hall–Kier alpha value is -3.09. The molecule has 0 spiro atoms. The fourth-order valence-electron chi connectivity index (χ4n) is 2.75. The molecule has 150 valence electrons. The Labute approximate surface area is 165 Å². The van der Waals surface area contributed by atoms with Gasteiger partial charge in [-0.15, -0.1) is 0 Å². The maximum Gasteiger partial charge on any atom is 0.195 e. The van der Waals surface area contributed by atoms with Crippen LogP contribution in [-0.2, 0) is 0 Å². The molecule has 1 atom stereocenters. The molecule has 0 aromatic heterocycles. The summed E-state index contributed by atoms with van der Waals surface area (Å²) in [7, 11) is 3.37. The number of fused-ring (bicyclic) bond motifs is 1. The third kappa shape index (κ3) is 5.45. The summed E-state index contributed by atoms with van der Waals surface area (Å²) in [6.45, 7) is 3.91. The number of ether oxygens (including phenoxy) is 4. The Bertz CT molecular complexity index is 810. The molecule has 1 unspecified atom stereocenters. The summed E-state index contributed by atoms with van der Waals surface area (Å²) < 4.78 is 22.5. The second-order valence-electron chi connectivity index (χ2n) is 6.40. The van der Waals surface area contributed by atoms with Crippen molar-refractivity contribution in [3.05, 3.63) is 42.5 Å². The lowest BCUT2D eigenvalue weighted by Crippen LogP contribution is -2.37. The quantitative estimate of drug-likeness (QED) is 0.587. The van der Waals surface area contributed by atoms with E-state index in [4.69, 9.17) is 18.9 Å². The van der Waals surface area contributed by atoms with Crippen molar-refractivity contribution in [3.63, 3.8) is 0 Å². The van der Waals surface area contributed by atoms with Crippen LogP contribution in [0.5, 0.6) is 23.0 Å². The highest BCUT2D eigenvalue weighted by molar-refractivity contribution is 5.93. The van der Waals surface area contributed by atoms with E-state index >= 15 is 0 Å². The number of anilines is 1. The average molecular weight is 385 g/mol. The number of benzene rings is 2. The molecule has 0 amide bonds. The molecule has 7 heteroatoms. The fourth-order valence-corrected chi connectivity index (χ4v) is 2.75. The average Bonchev–Trinajstić information content (AvgIpc) is 2.96. The zero-order valence-corrected chi connectivity index (χ0v) is 16.5. The van der Waals surface area contributed by atoms with Crippen molar-refractivity contribution in [1.29, 1.82) is 0 Å².